The maximum Gasteiger partial charge on any atom is 0.431 e. The molecule has 5 nitrogen and oxygen atoms in total. The molecule has 84 valence electrons. The van der Waals surface area contributed by atoms with E-state index in [2.05, 4.69) is 5.48 Å². The predicted octanol–water partition coefficient (Wildman–Crippen LogP) is 1.21. The zero-order valence-electron chi connectivity index (χ0n) is 9.16. The summed E-state index contributed by atoms with van der Waals surface area (Å²) >= 11 is 0. The van der Waals surface area contributed by atoms with Crippen LogP contribution in [0.1, 0.15) is 34.1 Å². The van der Waals surface area contributed by atoms with E-state index in [1.165, 1.54) is 0 Å². The van der Waals surface area contributed by atoms with Crippen LogP contribution in [0.5, 0.6) is 0 Å². The van der Waals surface area contributed by atoms with Crippen molar-refractivity contribution in [3.05, 3.63) is 0 Å². The van der Waals surface area contributed by atoms with E-state index < -0.39 is 11.7 Å². The van der Waals surface area contributed by atoms with Crippen LogP contribution in [0.4, 0.5) is 4.79 Å². The molecule has 14 heavy (non-hydrogen) atoms. The van der Waals surface area contributed by atoms with Gasteiger partial charge in [-0.05, 0) is 27.2 Å². The second-order valence-electron chi connectivity index (χ2n) is 3.93. The number of ether oxygens (including phenoxy) is 1. The third-order valence-electron chi connectivity index (χ3n) is 1.37. The Morgan fingerprint density at radius 2 is 2.07 bits per heavy atom. The minimum atomic E-state index is -0.649. The first-order valence-electron chi connectivity index (χ1n) is 4.64. The molecule has 0 aromatic heterocycles. The van der Waals surface area contributed by atoms with E-state index in [4.69, 9.17) is 14.7 Å². The third-order valence-corrected chi connectivity index (χ3v) is 1.37. The molecule has 0 bridgehead atoms. The van der Waals surface area contributed by atoms with Gasteiger partial charge >= 0.3 is 6.09 Å². The van der Waals surface area contributed by atoms with Crippen molar-refractivity contribution in [2.75, 3.05) is 6.61 Å². The van der Waals surface area contributed by atoms with Crippen molar-refractivity contribution in [1.29, 1.82) is 0 Å². The monoisotopic (exact) mass is 205 g/mol. The van der Waals surface area contributed by atoms with Gasteiger partial charge in [0.1, 0.15) is 11.7 Å². The lowest BCUT2D eigenvalue weighted by atomic mass is 10.2. The van der Waals surface area contributed by atoms with E-state index in [9.17, 15) is 4.79 Å². The average Bonchev–Trinajstić information content (AvgIpc) is 2.03. The van der Waals surface area contributed by atoms with Gasteiger partial charge in [-0.1, -0.05) is 6.92 Å². The lowest BCUT2D eigenvalue weighted by Gasteiger charge is -2.20. The van der Waals surface area contributed by atoms with Gasteiger partial charge in [0, 0.05) is 0 Å². The standard InChI is InChI=1S/C9H19NO4/c1-5-7(6-11)14-10-8(12)13-9(2,3)4/h7,11H,5-6H2,1-4H3,(H,10,12). The van der Waals surface area contributed by atoms with Gasteiger partial charge in [-0.3, -0.25) is 4.84 Å². The first-order chi connectivity index (χ1) is 6.39. The van der Waals surface area contributed by atoms with Crippen molar-refractivity contribution in [2.24, 2.45) is 0 Å². The van der Waals surface area contributed by atoms with Crippen molar-refractivity contribution in [1.82, 2.24) is 5.48 Å². The van der Waals surface area contributed by atoms with Crippen LogP contribution in [-0.4, -0.2) is 29.5 Å². The van der Waals surface area contributed by atoms with E-state index in [1.54, 1.807) is 20.8 Å². The van der Waals surface area contributed by atoms with Crippen LogP contribution in [0.2, 0.25) is 0 Å². The van der Waals surface area contributed by atoms with Gasteiger partial charge in [0.25, 0.3) is 0 Å². The predicted molar refractivity (Wildman–Crippen MR) is 51.6 cm³/mol. The summed E-state index contributed by atoms with van der Waals surface area (Å²) in [6, 6.07) is 0. The van der Waals surface area contributed by atoms with Crippen LogP contribution in [0.15, 0.2) is 0 Å². The van der Waals surface area contributed by atoms with E-state index in [1.807, 2.05) is 6.92 Å². The van der Waals surface area contributed by atoms with E-state index in [-0.39, 0.29) is 12.7 Å². The van der Waals surface area contributed by atoms with Gasteiger partial charge in [-0.2, -0.15) is 5.48 Å². The molecule has 0 aliphatic heterocycles. The minimum absolute atomic E-state index is 0.133. The molecular formula is C9H19NO4. The van der Waals surface area contributed by atoms with Gasteiger partial charge in [0.2, 0.25) is 0 Å². The van der Waals surface area contributed by atoms with Crippen LogP contribution in [-0.2, 0) is 9.57 Å². The van der Waals surface area contributed by atoms with Crippen LogP contribution in [0.25, 0.3) is 0 Å². The topological polar surface area (TPSA) is 67.8 Å². The van der Waals surface area contributed by atoms with Crippen molar-refractivity contribution >= 4 is 6.09 Å². The third kappa shape index (κ3) is 6.68. The Bertz CT molecular complexity index is 172. The highest BCUT2D eigenvalue weighted by atomic mass is 16.7. The number of nitrogens with one attached hydrogen (secondary N) is 1. The van der Waals surface area contributed by atoms with Crippen molar-refractivity contribution in [3.8, 4) is 0 Å². The molecule has 0 saturated heterocycles. The van der Waals surface area contributed by atoms with Gasteiger partial charge < -0.3 is 9.84 Å². The molecule has 0 heterocycles. The molecule has 0 fully saturated rings. The van der Waals surface area contributed by atoms with Gasteiger partial charge in [0.15, 0.2) is 0 Å². The first kappa shape index (κ1) is 13.2. The second-order valence-corrected chi connectivity index (χ2v) is 3.93. The van der Waals surface area contributed by atoms with Crippen LogP contribution in [0, 0.1) is 0 Å². The molecule has 1 atom stereocenters. The fourth-order valence-corrected chi connectivity index (χ4v) is 0.680. The number of carbonyl (C=O) groups excluding carboxylic acids is 1. The van der Waals surface area contributed by atoms with Gasteiger partial charge in [0.05, 0.1) is 6.61 Å². The highest BCUT2D eigenvalue weighted by Crippen LogP contribution is 2.06. The van der Waals surface area contributed by atoms with Gasteiger partial charge in [-0.25, -0.2) is 4.79 Å². The Labute approximate surface area is 84.3 Å². The summed E-state index contributed by atoms with van der Waals surface area (Å²) in [5, 5.41) is 8.75. The molecule has 0 aromatic carbocycles. The Morgan fingerprint density at radius 3 is 2.43 bits per heavy atom. The normalized spacial score (nSPS) is 13.5. The second kappa shape index (κ2) is 5.82. The molecule has 5 heteroatoms. The molecule has 0 aromatic rings. The van der Waals surface area contributed by atoms with Crippen molar-refractivity contribution in [2.45, 2.75) is 45.8 Å². The molecular weight excluding hydrogens is 186 g/mol. The number of aliphatic hydroxyl groups excluding tert-OH is 1. The summed E-state index contributed by atoms with van der Waals surface area (Å²) < 4.78 is 4.92. The highest BCUT2D eigenvalue weighted by Gasteiger charge is 2.17. The lowest BCUT2D eigenvalue weighted by Crippen LogP contribution is -2.36. The number of hydroxylamine groups is 1. The summed E-state index contributed by atoms with van der Waals surface area (Å²) in [7, 11) is 0. The van der Waals surface area contributed by atoms with Crippen molar-refractivity contribution < 1.29 is 19.5 Å². The molecule has 2 N–H and O–H groups in total. The number of hydrogen-bond acceptors (Lipinski definition) is 4. The number of amides is 1. The Balaban J connectivity index is 3.74. The fraction of sp³-hybridized carbons (Fsp3) is 0.889. The van der Waals surface area contributed by atoms with E-state index in [0.29, 0.717) is 6.42 Å². The minimum Gasteiger partial charge on any atom is -0.442 e. The average molecular weight is 205 g/mol. The molecule has 0 saturated carbocycles. The molecule has 0 aliphatic carbocycles. The Morgan fingerprint density at radius 1 is 1.50 bits per heavy atom. The summed E-state index contributed by atoms with van der Waals surface area (Å²) in [4.78, 5) is 15.9. The zero-order valence-corrected chi connectivity index (χ0v) is 9.16. The molecule has 0 radical (unpaired) electrons. The fourth-order valence-electron chi connectivity index (χ4n) is 0.680. The Hall–Kier alpha value is -0.810. The SMILES string of the molecule is CCC(CO)ONC(=O)OC(C)(C)C. The number of aliphatic hydroxyl groups is 1. The van der Waals surface area contributed by atoms with Crippen LogP contribution in [0.3, 0.4) is 0 Å². The summed E-state index contributed by atoms with van der Waals surface area (Å²) in [5.74, 6) is 0. The van der Waals surface area contributed by atoms with Crippen molar-refractivity contribution in [3.63, 3.8) is 0 Å². The number of hydrogen-bond donors (Lipinski definition) is 2. The molecule has 1 unspecified atom stereocenters. The maximum absolute atomic E-state index is 11.1. The molecule has 0 aliphatic rings. The maximum atomic E-state index is 11.1. The smallest absolute Gasteiger partial charge is 0.431 e. The van der Waals surface area contributed by atoms with Crippen LogP contribution < -0.4 is 5.48 Å². The number of carbonyl (C=O) groups is 1. The van der Waals surface area contributed by atoms with Gasteiger partial charge in [-0.15, -0.1) is 0 Å². The summed E-state index contributed by atoms with van der Waals surface area (Å²) in [5.41, 5.74) is 1.57. The van der Waals surface area contributed by atoms with E-state index >= 15 is 0 Å². The quantitative estimate of drug-likeness (QED) is 0.677. The number of rotatable bonds is 4. The first-order valence-corrected chi connectivity index (χ1v) is 4.64. The molecule has 0 rings (SSSR count). The summed E-state index contributed by atoms with van der Waals surface area (Å²) in [6.45, 7) is 6.99. The Kier molecular flexibility index (Phi) is 5.49. The van der Waals surface area contributed by atoms with E-state index in [0.717, 1.165) is 0 Å². The molecule has 0 spiro atoms. The zero-order chi connectivity index (χ0) is 11.2. The lowest BCUT2D eigenvalue weighted by molar-refractivity contribution is -0.0603. The highest BCUT2D eigenvalue weighted by molar-refractivity contribution is 5.66. The largest absolute Gasteiger partial charge is 0.442 e. The van der Waals surface area contributed by atoms with Crippen LogP contribution >= 0.6 is 0 Å². The summed E-state index contributed by atoms with van der Waals surface area (Å²) in [6.07, 6.45) is -0.418. The molecule has 1 amide bonds.